The van der Waals surface area contributed by atoms with Gasteiger partial charge in [-0.3, -0.25) is 4.90 Å². The highest BCUT2D eigenvalue weighted by Gasteiger charge is 2.22. The normalized spacial score (nSPS) is 20.9. The summed E-state index contributed by atoms with van der Waals surface area (Å²) in [7, 11) is 0. The Morgan fingerprint density at radius 2 is 1.74 bits per heavy atom. The number of halogens is 1. The fourth-order valence-electron chi connectivity index (χ4n) is 3.81. The highest BCUT2D eigenvalue weighted by Crippen LogP contribution is 2.26. The molecule has 1 aromatic carbocycles. The fraction of sp³-hybridized carbons (Fsp3) is 0.611. The Kier molecular flexibility index (Phi) is 5.57. The lowest BCUT2D eigenvalue weighted by atomic mass is 10.1. The second-order valence-electron chi connectivity index (χ2n) is 6.88. The largest absolute Gasteiger partial charge is 0.478 e. The smallest absolute Gasteiger partial charge is 0.335 e. The van der Waals surface area contributed by atoms with Gasteiger partial charge in [-0.05, 0) is 42.5 Å². The first kappa shape index (κ1) is 16.7. The molecule has 3 rings (SSSR count). The van der Waals surface area contributed by atoms with E-state index in [9.17, 15) is 4.79 Å². The van der Waals surface area contributed by atoms with Crippen LogP contribution in [0.25, 0.3) is 0 Å². The van der Waals surface area contributed by atoms with Gasteiger partial charge in [0, 0.05) is 44.3 Å². The minimum Gasteiger partial charge on any atom is -0.478 e. The molecule has 1 saturated heterocycles. The summed E-state index contributed by atoms with van der Waals surface area (Å²) in [5, 5.41) is 9.63. The Bertz CT molecular complexity index is 550. The summed E-state index contributed by atoms with van der Waals surface area (Å²) in [6, 6.07) is 5.12. The Labute approximate surface area is 143 Å². The van der Waals surface area contributed by atoms with Gasteiger partial charge in [0.25, 0.3) is 0 Å². The maximum atomic E-state index is 11.1. The zero-order valence-electron chi connectivity index (χ0n) is 13.5. The number of carboxylic acids is 1. The number of nitrogens with zero attached hydrogens (tertiary/aromatic N) is 2. The number of rotatable bonds is 5. The molecule has 0 spiro atoms. The Balaban J connectivity index is 1.51. The van der Waals surface area contributed by atoms with Crippen LogP contribution in [0.4, 0.5) is 0 Å². The Morgan fingerprint density at radius 3 is 2.39 bits per heavy atom. The molecule has 1 aliphatic carbocycles. The van der Waals surface area contributed by atoms with Gasteiger partial charge in [-0.2, -0.15) is 0 Å². The van der Waals surface area contributed by atoms with E-state index in [1.54, 1.807) is 6.07 Å². The maximum absolute atomic E-state index is 11.1. The topological polar surface area (TPSA) is 43.8 Å². The van der Waals surface area contributed by atoms with Crippen molar-refractivity contribution in [3.8, 4) is 0 Å². The van der Waals surface area contributed by atoms with Gasteiger partial charge in [-0.1, -0.05) is 24.4 Å². The molecular formula is C18H25ClN2O2. The number of hydrogen-bond donors (Lipinski definition) is 1. The highest BCUT2D eigenvalue weighted by molar-refractivity contribution is 6.31. The zero-order valence-corrected chi connectivity index (χ0v) is 14.3. The van der Waals surface area contributed by atoms with Crippen LogP contribution >= 0.6 is 11.6 Å². The molecule has 1 aliphatic heterocycles. The molecule has 0 radical (unpaired) electrons. The number of benzene rings is 1. The van der Waals surface area contributed by atoms with E-state index in [2.05, 4.69) is 9.80 Å². The SMILES string of the molecule is O=C(O)c1cc(Cl)cc(CN2CCN(CC3CCCC3)CC2)c1. The van der Waals surface area contributed by atoms with Crippen molar-refractivity contribution < 1.29 is 9.90 Å². The lowest BCUT2D eigenvalue weighted by molar-refractivity contribution is 0.0696. The van der Waals surface area contributed by atoms with Crippen molar-refractivity contribution in [3.05, 3.63) is 34.3 Å². The van der Waals surface area contributed by atoms with Crippen LogP contribution in [-0.4, -0.2) is 53.6 Å². The molecule has 0 bridgehead atoms. The average molecular weight is 337 g/mol. The predicted octanol–water partition coefficient (Wildman–Crippen LogP) is 3.35. The second kappa shape index (κ2) is 7.65. The van der Waals surface area contributed by atoms with E-state index in [4.69, 9.17) is 16.7 Å². The minimum atomic E-state index is -0.921. The lowest BCUT2D eigenvalue weighted by Crippen LogP contribution is -2.47. The third-order valence-corrected chi connectivity index (χ3v) is 5.28. The number of hydrogen-bond acceptors (Lipinski definition) is 3. The third-order valence-electron chi connectivity index (χ3n) is 5.07. The lowest BCUT2D eigenvalue weighted by Gasteiger charge is -2.36. The average Bonchev–Trinajstić information content (AvgIpc) is 3.01. The summed E-state index contributed by atoms with van der Waals surface area (Å²) in [6.45, 7) is 6.35. The van der Waals surface area contributed by atoms with Crippen LogP contribution in [0.15, 0.2) is 18.2 Å². The molecule has 126 valence electrons. The van der Waals surface area contributed by atoms with Gasteiger partial charge in [0.2, 0.25) is 0 Å². The van der Waals surface area contributed by atoms with Crippen molar-refractivity contribution in [2.24, 2.45) is 5.92 Å². The first-order chi connectivity index (χ1) is 11.1. The summed E-state index contributed by atoms with van der Waals surface area (Å²) >= 11 is 6.04. The summed E-state index contributed by atoms with van der Waals surface area (Å²) < 4.78 is 0. The van der Waals surface area contributed by atoms with Crippen molar-refractivity contribution in [3.63, 3.8) is 0 Å². The first-order valence-electron chi connectivity index (χ1n) is 8.57. The molecule has 5 heteroatoms. The fourth-order valence-corrected chi connectivity index (χ4v) is 4.07. The summed E-state index contributed by atoms with van der Waals surface area (Å²) in [4.78, 5) is 16.1. The van der Waals surface area contributed by atoms with Gasteiger partial charge in [0.1, 0.15) is 0 Å². The maximum Gasteiger partial charge on any atom is 0.335 e. The van der Waals surface area contributed by atoms with Crippen molar-refractivity contribution in [1.82, 2.24) is 9.80 Å². The number of carbonyl (C=O) groups is 1. The first-order valence-corrected chi connectivity index (χ1v) is 8.95. The van der Waals surface area contributed by atoms with Crippen molar-refractivity contribution >= 4 is 17.6 Å². The molecule has 0 aromatic heterocycles. The molecule has 2 fully saturated rings. The van der Waals surface area contributed by atoms with E-state index in [0.717, 1.165) is 44.2 Å². The van der Waals surface area contributed by atoms with Crippen LogP contribution in [0.1, 0.15) is 41.6 Å². The van der Waals surface area contributed by atoms with E-state index >= 15 is 0 Å². The molecular weight excluding hydrogens is 312 g/mol. The van der Waals surface area contributed by atoms with Gasteiger partial charge in [-0.25, -0.2) is 4.79 Å². The van der Waals surface area contributed by atoms with Gasteiger partial charge in [0.15, 0.2) is 0 Å². The van der Waals surface area contributed by atoms with Crippen molar-refractivity contribution in [2.45, 2.75) is 32.2 Å². The van der Waals surface area contributed by atoms with E-state index < -0.39 is 5.97 Å². The molecule has 23 heavy (non-hydrogen) atoms. The van der Waals surface area contributed by atoms with Crippen molar-refractivity contribution in [2.75, 3.05) is 32.7 Å². The van der Waals surface area contributed by atoms with Crippen molar-refractivity contribution in [1.29, 1.82) is 0 Å². The van der Waals surface area contributed by atoms with E-state index in [1.165, 1.54) is 38.3 Å². The second-order valence-corrected chi connectivity index (χ2v) is 7.32. The van der Waals surface area contributed by atoms with E-state index in [-0.39, 0.29) is 5.56 Å². The number of carboxylic acid groups (broad SMARTS) is 1. The Morgan fingerprint density at radius 1 is 1.09 bits per heavy atom. The van der Waals surface area contributed by atoms with Crippen LogP contribution in [-0.2, 0) is 6.54 Å². The van der Waals surface area contributed by atoms with Crippen LogP contribution in [0.5, 0.6) is 0 Å². The van der Waals surface area contributed by atoms with Gasteiger partial charge >= 0.3 is 5.97 Å². The van der Waals surface area contributed by atoms with E-state index in [1.807, 2.05) is 6.07 Å². The quantitative estimate of drug-likeness (QED) is 0.895. The van der Waals surface area contributed by atoms with Crippen LogP contribution < -0.4 is 0 Å². The van der Waals surface area contributed by atoms with Gasteiger partial charge in [-0.15, -0.1) is 0 Å². The molecule has 0 unspecified atom stereocenters. The zero-order chi connectivity index (χ0) is 16.2. The highest BCUT2D eigenvalue weighted by atomic mass is 35.5. The predicted molar refractivity (Wildman–Crippen MR) is 92.1 cm³/mol. The molecule has 1 aromatic rings. The van der Waals surface area contributed by atoms with Crippen LogP contribution in [0.2, 0.25) is 5.02 Å². The summed E-state index contributed by atoms with van der Waals surface area (Å²) in [5.74, 6) is -0.0114. The van der Waals surface area contributed by atoms with Gasteiger partial charge < -0.3 is 10.0 Å². The van der Waals surface area contributed by atoms with Crippen LogP contribution in [0, 0.1) is 5.92 Å². The number of piperazine rings is 1. The molecule has 0 atom stereocenters. The molecule has 4 nitrogen and oxygen atoms in total. The molecule has 1 saturated carbocycles. The summed E-state index contributed by atoms with van der Waals surface area (Å²) in [5.41, 5.74) is 1.26. The van der Waals surface area contributed by atoms with Crippen LogP contribution in [0.3, 0.4) is 0 Å². The minimum absolute atomic E-state index is 0.271. The molecule has 0 amide bonds. The molecule has 1 N–H and O–H groups in total. The monoisotopic (exact) mass is 336 g/mol. The van der Waals surface area contributed by atoms with E-state index in [0.29, 0.717) is 5.02 Å². The Hall–Kier alpha value is -1.10. The van der Waals surface area contributed by atoms with Gasteiger partial charge in [0.05, 0.1) is 5.56 Å². The number of aromatic carboxylic acids is 1. The molecule has 2 aliphatic rings. The standard InChI is InChI=1S/C18H25ClN2O2/c19-17-10-15(9-16(11-17)18(22)23)13-21-7-5-20(6-8-21)12-14-3-1-2-4-14/h9-11,14H,1-8,12-13H2,(H,22,23). The third kappa shape index (κ3) is 4.69. The molecule has 1 heterocycles. The summed E-state index contributed by atoms with van der Waals surface area (Å²) in [6.07, 6.45) is 5.62.